The number of nitrogens with two attached hydrogens (primary N) is 1. The minimum Gasteiger partial charge on any atom is -0.402 e. The third kappa shape index (κ3) is 3.99. The van der Waals surface area contributed by atoms with Crippen molar-refractivity contribution in [2.75, 3.05) is 0 Å². The van der Waals surface area contributed by atoms with Gasteiger partial charge < -0.3 is 5.73 Å². The van der Waals surface area contributed by atoms with Gasteiger partial charge in [-0.05, 0) is 44.4 Å². The summed E-state index contributed by atoms with van der Waals surface area (Å²) in [6, 6.07) is 6.36. The van der Waals surface area contributed by atoms with Crippen molar-refractivity contribution in [1.29, 1.82) is 0 Å². The Morgan fingerprint density at radius 3 is 2.21 bits per heavy atom. The molecule has 0 saturated carbocycles. The first-order valence-electron chi connectivity index (χ1n) is 6.39. The van der Waals surface area contributed by atoms with Crippen molar-refractivity contribution in [3.05, 3.63) is 77.0 Å². The van der Waals surface area contributed by atoms with Crippen LogP contribution in [0.15, 0.2) is 60.4 Å². The van der Waals surface area contributed by atoms with E-state index in [2.05, 4.69) is 45.2 Å². The van der Waals surface area contributed by atoms with Gasteiger partial charge in [0.1, 0.15) is 0 Å². The van der Waals surface area contributed by atoms with Crippen LogP contribution >= 0.6 is 0 Å². The van der Waals surface area contributed by atoms with E-state index >= 15 is 0 Å². The molecule has 1 aromatic rings. The average Bonchev–Trinajstić information content (AvgIpc) is 2.27. The molecule has 0 atom stereocenters. The molecule has 0 amide bonds. The molecule has 2 N–H and O–H groups in total. The fourth-order valence-electron chi connectivity index (χ4n) is 1.99. The second kappa shape index (κ2) is 6.24. The summed E-state index contributed by atoms with van der Waals surface area (Å²) in [6.07, 6.45) is 3.94. The molecule has 0 heterocycles. The summed E-state index contributed by atoms with van der Waals surface area (Å²) in [6.45, 7) is 16.1. The van der Waals surface area contributed by atoms with Crippen LogP contribution in [0.25, 0.3) is 5.57 Å². The number of aryl methyl sites for hydroxylation is 2. The first kappa shape index (κ1) is 15.0. The van der Waals surface area contributed by atoms with Gasteiger partial charge in [-0.3, -0.25) is 0 Å². The second-order valence-corrected chi connectivity index (χ2v) is 5.07. The lowest BCUT2D eigenvalue weighted by molar-refractivity contribution is 1.27. The van der Waals surface area contributed by atoms with Crippen LogP contribution in [0.5, 0.6) is 0 Å². The Kier molecular flexibility index (Phi) is 4.94. The number of benzene rings is 1. The Labute approximate surface area is 116 Å². The lowest BCUT2D eigenvalue weighted by Gasteiger charge is -2.13. The minimum absolute atomic E-state index is 0.766. The molecule has 0 aromatic heterocycles. The van der Waals surface area contributed by atoms with Crippen molar-refractivity contribution in [2.45, 2.75) is 27.7 Å². The third-order valence-corrected chi connectivity index (χ3v) is 2.99. The maximum absolute atomic E-state index is 5.98. The lowest BCUT2D eigenvalue weighted by Crippen LogP contribution is -2.00. The summed E-state index contributed by atoms with van der Waals surface area (Å²) in [5.74, 6) is 0. The minimum atomic E-state index is 0.766. The van der Waals surface area contributed by atoms with Gasteiger partial charge in [-0.2, -0.15) is 0 Å². The molecule has 0 radical (unpaired) electrons. The van der Waals surface area contributed by atoms with E-state index in [9.17, 15) is 0 Å². The molecular weight excluding hydrogens is 230 g/mol. The number of hydrogen-bond acceptors (Lipinski definition) is 1. The third-order valence-electron chi connectivity index (χ3n) is 2.99. The smallest absolute Gasteiger partial charge is 0.0128 e. The molecule has 0 aliphatic heterocycles. The second-order valence-electron chi connectivity index (χ2n) is 5.07. The van der Waals surface area contributed by atoms with Crippen molar-refractivity contribution < 1.29 is 0 Å². The molecule has 0 bridgehead atoms. The Balaban J connectivity index is 3.22. The Bertz CT molecular complexity index is 567. The maximum Gasteiger partial charge on any atom is 0.0128 e. The molecule has 0 aliphatic rings. The van der Waals surface area contributed by atoms with Crippen LogP contribution < -0.4 is 5.73 Å². The van der Waals surface area contributed by atoms with Gasteiger partial charge in [-0.25, -0.2) is 0 Å². The molecule has 1 aromatic carbocycles. The van der Waals surface area contributed by atoms with Crippen LogP contribution in [0.3, 0.4) is 0 Å². The fourth-order valence-corrected chi connectivity index (χ4v) is 1.99. The Morgan fingerprint density at radius 2 is 1.74 bits per heavy atom. The van der Waals surface area contributed by atoms with Crippen molar-refractivity contribution in [3.63, 3.8) is 0 Å². The van der Waals surface area contributed by atoms with Crippen LogP contribution in [0.4, 0.5) is 0 Å². The molecule has 100 valence electrons. The van der Waals surface area contributed by atoms with E-state index in [4.69, 9.17) is 5.73 Å². The van der Waals surface area contributed by atoms with E-state index < -0.39 is 0 Å². The quantitative estimate of drug-likeness (QED) is 0.774. The SMILES string of the molecule is C=C(C)/C=C\C(C(=C)c1ccc(C)cc1C)=C(/C)N. The molecule has 1 rings (SSSR count). The summed E-state index contributed by atoms with van der Waals surface area (Å²) in [4.78, 5) is 0. The van der Waals surface area contributed by atoms with Crippen LogP contribution in [0, 0.1) is 13.8 Å². The summed E-state index contributed by atoms with van der Waals surface area (Å²) >= 11 is 0. The molecule has 0 spiro atoms. The van der Waals surface area contributed by atoms with Gasteiger partial charge in [0.15, 0.2) is 0 Å². The van der Waals surface area contributed by atoms with E-state index in [1.54, 1.807) is 0 Å². The Morgan fingerprint density at radius 1 is 1.11 bits per heavy atom. The highest BCUT2D eigenvalue weighted by Gasteiger charge is 2.08. The summed E-state index contributed by atoms with van der Waals surface area (Å²) < 4.78 is 0. The number of hydrogen-bond donors (Lipinski definition) is 1. The van der Waals surface area contributed by atoms with E-state index in [0.29, 0.717) is 0 Å². The van der Waals surface area contributed by atoms with Gasteiger partial charge in [0.25, 0.3) is 0 Å². The van der Waals surface area contributed by atoms with E-state index in [1.165, 1.54) is 11.1 Å². The van der Waals surface area contributed by atoms with Gasteiger partial charge in [0.2, 0.25) is 0 Å². The van der Waals surface area contributed by atoms with Gasteiger partial charge >= 0.3 is 0 Å². The molecule has 1 heteroatoms. The monoisotopic (exact) mass is 253 g/mol. The number of allylic oxidation sites excluding steroid dienone is 6. The molecule has 19 heavy (non-hydrogen) atoms. The first-order chi connectivity index (χ1) is 8.82. The average molecular weight is 253 g/mol. The summed E-state index contributed by atoms with van der Waals surface area (Å²) in [5.41, 5.74) is 13.3. The fraction of sp³-hybridized carbons (Fsp3) is 0.222. The van der Waals surface area contributed by atoms with Crippen molar-refractivity contribution >= 4 is 5.57 Å². The highest BCUT2D eigenvalue weighted by Crippen LogP contribution is 2.27. The van der Waals surface area contributed by atoms with Crippen molar-refractivity contribution in [3.8, 4) is 0 Å². The van der Waals surface area contributed by atoms with Gasteiger partial charge in [-0.15, -0.1) is 0 Å². The summed E-state index contributed by atoms with van der Waals surface area (Å²) in [7, 11) is 0. The van der Waals surface area contributed by atoms with Gasteiger partial charge in [0.05, 0.1) is 0 Å². The van der Waals surface area contributed by atoms with E-state index in [0.717, 1.165) is 28.0 Å². The van der Waals surface area contributed by atoms with Crippen LogP contribution in [0.1, 0.15) is 30.5 Å². The summed E-state index contributed by atoms with van der Waals surface area (Å²) in [5, 5.41) is 0. The number of rotatable bonds is 4. The van der Waals surface area contributed by atoms with E-state index in [-0.39, 0.29) is 0 Å². The van der Waals surface area contributed by atoms with Crippen LogP contribution in [0.2, 0.25) is 0 Å². The zero-order chi connectivity index (χ0) is 14.6. The normalized spacial score (nSPS) is 12.4. The highest BCUT2D eigenvalue weighted by molar-refractivity contribution is 5.82. The molecule has 0 unspecified atom stereocenters. The Hall–Kier alpha value is -2.02. The van der Waals surface area contributed by atoms with Crippen molar-refractivity contribution in [1.82, 2.24) is 0 Å². The predicted octanol–water partition coefficient (Wildman–Crippen LogP) is 4.68. The van der Waals surface area contributed by atoms with Gasteiger partial charge in [0, 0.05) is 11.3 Å². The first-order valence-corrected chi connectivity index (χ1v) is 6.39. The van der Waals surface area contributed by atoms with Crippen molar-refractivity contribution in [2.24, 2.45) is 5.73 Å². The molecular formula is C18H23N. The largest absolute Gasteiger partial charge is 0.402 e. The molecule has 0 saturated heterocycles. The molecule has 0 aliphatic carbocycles. The van der Waals surface area contributed by atoms with Gasteiger partial charge in [-0.1, -0.05) is 54.6 Å². The lowest BCUT2D eigenvalue weighted by atomic mass is 9.93. The standard InChI is InChI=1S/C18H23N/c1-12(2)7-9-18(16(6)19)15(5)17-10-8-13(3)11-14(17)4/h7-11H,1,5,19H2,2-4,6H3/b9-7-,18-16-. The van der Waals surface area contributed by atoms with Crippen LogP contribution in [-0.2, 0) is 0 Å². The zero-order valence-electron chi connectivity index (χ0n) is 12.4. The molecule has 0 fully saturated rings. The predicted molar refractivity (Wildman–Crippen MR) is 85.8 cm³/mol. The highest BCUT2D eigenvalue weighted by atomic mass is 14.6. The maximum atomic E-state index is 5.98. The zero-order valence-corrected chi connectivity index (χ0v) is 12.4. The van der Waals surface area contributed by atoms with E-state index in [1.807, 2.05) is 26.0 Å². The topological polar surface area (TPSA) is 26.0 Å². The van der Waals surface area contributed by atoms with Crippen LogP contribution in [-0.4, -0.2) is 0 Å². The molecule has 1 nitrogen and oxygen atoms in total.